The third kappa shape index (κ3) is 8.19. The largest absolute Gasteiger partial charge is 0.417 e. The molecule has 1 saturated heterocycles. The summed E-state index contributed by atoms with van der Waals surface area (Å²) in [7, 11) is 1.78. The molecule has 0 saturated carbocycles. The van der Waals surface area contributed by atoms with Crippen LogP contribution in [0.25, 0.3) is 10.8 Å². The number of carbonyl (C=O) groups excluding carboxylic acids is 1. The quantitative estimate of drug-likeness (QED) is 0.0477. The number of halogens is 5. The van der Waals surface area contributed by atoms with Crippen LogP contribution in [0.1, 0.15) is 66.9 Å². The maximum atomic E-state index is 15.4. The molecule has 0 unspecified atom stereocenters. The normalized spacial score (nSPS) is 16.9. The van der Waals surface area contributed by atoms with Crippen LogP contribution in [0.4, 0.5) is 50.4 Å². The summed E-state index contributed by atoms with van der Waals surface area (Å²) in [4.78, 5) is 33.0. The zero-order valence-corrected chi connectivity index (χ0v) is 35.4. The summed E-state index contributed by atoms with van der Waals surface area (Å²) in [5.41, 5.74) is -0.560. The molecule has 2 atom stereocenters. The van der Waals surface area contributed by atoms with Gasteiger partial charge in [0.15, 0.2) is 5.11 Å². The van der Waals surface area contributed by atoms with E-state index in [1.165, 1.54) is 61.5 Å². The Morgan fingerprint density at radius 1 is 0.953 bits per heavy atom. The first kappa shape index (κ1) is 43.7. The van der Waals surface area contributed by atoms with E-state index in [9.17, 15) is 32.4 Å². The lowest BCUT2D eigenvalue weighted by atomic mass is 9.83. The van der Waals surface area contributed by atoms with Crippen molar-refractivity contribution in [3.63, 3.8) is 0 Å². The highest BCUT2D eigenvalue weighted by Gasteiger charge is 2.51. The molecule has 2 aromatic heterocycles. The van der Waals surface area contributed by atoms with E-state index >= 15 is 4.39 Å². The zero-order chi connectivity index (χ0) is 45.5. The molecule has 0 spiro atoms. The van der Waals surface area contributed by atoms with Gasteiger partial charge in [0.1, 0.15) is 29.3 Å². The first-order chi connectivity index (χ1) is 30.6. The van der Waals surface area contributed by atoms with Crippen LogP contribution in [-0.2, 0) is 22.8 Å². The number of hydrogen-bond acceptors (Lipinski definition) is 11. The Morgan fingerprint density at radius 3 is 2.34 bits per heavy atom. The van der Waals surface area contributed by atoms with Gasteiger partial charge in [0.25, 0.3) is 11.5 Å². The Kier molecular flexibility index (Phi) is 11.8. The Bertz CT molecular complexity index is 2880. The number of thiocarbonyl (C=S) groups is 1. The fourth-order valence-corrected chi connectivity index (χ4v) is 8.65. The Labute approximate surface area is 368 Å². The molecule has 0 bridgehead atoms. The van der Waals surface area contributed by atoms with Crippen LogP contribution >= 0.6 is 12.2 Å². The number of anilines is 5. The number of H-pyrrole nitrogens is 1. The Hall–Kier alpha value is -6.98. The summed E-state index contributed by atoms with van der Waals surface area (Å²) in [6.07, 6.45) is -2.10. The first-order valence-corrected chi connectivity index (χ1v) is 20.6. The fraction of sp³-hybridized carbons (Fsp3) is 0.295. The maximum Gasteiger partial charge on any atom is 0.417 e. The number of alkyl halides is 3. The van der Waals surface area contributed by atoms with E-state index in [4.69, 9.17) is 17.0 Å². The molecule has 1 amide bonds. The van der Waals surface area contributed by atoms with Gasteiger partial charge in [-0.3, -0.25) is 19.2 Å². The number of aromatic amines is 1. The Morgan fingerprint density at radius 2 is 1.67 bits per heavy atom. The summed E-state index contributed by atoms with van der Waals surface area (Å²) in [6.45, 7) is 5.02. The second-order valence-electron chi connectivity index (χ2n) is 15.8. The van der Waals surface area contributed by atoms with Gasteiger partial charge in [0, 0.05) is 55.8 Å². The molecule has 4 aromatic carbocycles. The molecule has 6 aromatic rings. The van der Waals surface area contributed by atoms with Crippen molar-refractivity contribution in [3.05, 3.63) is 129 Å². The van der Waals surface area contributed by atoms with Crippen molar-refractivity contribution >= 4 is 62.4 Å². The molecule has 64 heavy (non-hydrogen) atoms. The van der Waals surface area contributed by atoms with E-state index in [0.717, 1.165) is 22.2 Å². The molecule has 330 valence electrons. The van der Waals surface area contributed by atoms with Gasteiger partial charge in [0.05, 0.1) is 51.6 Å². The lowest BCUT2D eigenvalue weighted by Crippen LogP contribution is -2.44. The lowest BCUT2D eigenvalue weighted by molar-refractivity contribution is -0.137. The van der Waals surface area contributed by atoms with Crippen molar-refractivity contribution in [1.29, 1.82) is 5.26 Å². The molecular weight excluding hydrogens is 858 g/mol. The summed E-state index contributed by atoms with van der Waals surface area (Å²) < 4.78 is 78.6. The van der Waals surface area contributed by atoms with E-state index in [-0.39, 0.29) is 27.6 Å². The molecular formula is C44H40F5N11O3S. The van der Waals surface area contributed by atoms with Gasteiger partial charge in [-0.25, -0.2) is 18.9 Å². The van der Waals surface area contributed by atoms with Crippen molar-refractivity contribution in [2.75, 3.05) is 52.1 Å². The third-order valence-corrected chi connectivity index (χ3v) is 11.6. The Balaban J connectivity index is 0.805. The van der Waals surface area contributed by atoms with Crippen molar-refractivity contribution in [2.45, 2.75) is 50.4 Å². The summed E-state index contributed by atoms with van der Waals surface area (Å²) in [6, 6.07) is 18.7. The number of carbonyl (C=O) groups is 1. The third-order valence-electron chi connectivity index (χ3n) is 11.3. The number of aryl methyl sites for hydroxylation is 1. The van der Waals surface area contributed by atoms with Gasteiger partial charge in [-0.15, -0.1) is 0 Å². The predicted molar refractivity (Wildman–Crippen MR) is 234 cm³/mol. The van der Waals surface area contributed by atoms with E-state index in [0.29, 0.717) is 67.8 Å². The molecule has 0 radical (unpaired) electrons. The number of hydrogen-bond donors (Lipinski definition) is 4. The summed E-state index contributed by atoms with van der Waals surface area (Å²) >= 11 is 5.56. The van der Waals surface area contributed by atoms with Crippen molar-refractivity contribution in [3.8, 4) is 6.07 Å². The highest BCUT2D eigenvalue weighted by Crippen LogP contribution is 2.46. The van der Waals surface area contributed by atoms with E-state index in [2.05, 4.69) is 36.2 Å². The molecule has 2 aliphatic heterocycles. The number of nitrogens with zero attached hydrogens (tertiary/aromatic N) is 7. The number of rotatable bonds is 14. The molecule has 8 rings (SSSR count). The standard InChI is InChI=1S/C44H40F5N11O3S/c1-43(2)41(62)59(28-11-8-25(22-50)31(20-28)44(47,48)49)42(64)60(43)29-12-13-33(32(46)21-29)52-15-5-17-63-16-4-14-51-27-9-6-24(7-10-27)37-36(39-53-23-54-58(39)3)38-35-30(40(61)57-56-38)18-26(45)19-34(35)55-37/h6-13,18-21,23,36-37,51-52,55H,4-5,14-17H2,1-3H3,(H,57,61)/t36-,37-/m1/s1. The molecule has 1 fully saturated rings. The molecule has 14 nitrogen and oxygen atoms in total. The van der Waals surface area contributed by atoms with E-state index in [1.807, 2.05) is 24.3 Å². The fourth-order valence-electron chi connectivity index (χ4n) is 8.13. The van der Waals surface area contributed by atoms with Crippen LogP contribution in [0, 0.1) is 23.0 Å². The van der Waals surface area contributed by atoms with Crippen LogP contribution < -0.4 is 31.3 Å². The molecule has 4 heterocycles. The summed E-state index contributed by atoms with van der Waals surface area (Å²) in [5, 5.41) is 30.8. The number of ether oxygens (including phenoxy) is 1. The van der Waals surface area contributed by atoms with Gasteiger partial charge in [-0.1, -0.05) is 12.1 Å². The number of nitriles is 1. The molecule has 2 aliphatic rings. The number of nitrogens with one attached hydrogen (secondary N) is 4. The van der Waals surface area contributed by atoms with E-state index in [1.54, 1.807) is 17.8 Å². The van der Waals surface area contributed by atoms with Gasteiger partial charge < -0.3 is 25.6 Å². The topological polar surface area (TPSA) is 169 Å². The zero-order valence-electron chi connectivity index (χ0n) is 34.6. The van der Waals surface area contributed by atoms with Crippen molar-refractivity contribution in [1.82, 2.24) is 25.0 Å². The molecule has 0 aliphatic carbocycles. The lowest BCUT2D eigenvalue weighted by Gasteiger charge is -2.33. The van der Waals surface area contributed by atoms with Gasteiger partial charge in [-0.2, -0.15) is 28.6 Å². The van der Waals surface area contributed by atoms with Crippen molar-refractivity contribution in [2.24, 2.45) is 7.05 Å². The predicted octanol–water partition coefficient (Wildman–Crippen LogP) is 7.76. The second kappa shape index (κ2) is 17.3. The molecule has 20 heteroatoms. The van der Waals surface area contributed by atoms with Gasteiger partial charge in [-0.05, 0) is 105 Å². The van der Waals surface area contributed by atoms with Crippen LogP contribution in [0.15, 0.2) is 83.9 Å². The van der Waals surface area contributed by atoms with Gasteiger partial charge >= 0.3 is 6.18 Å². The van der Waals surface area contributed by atoms with Gasteiger partial charge in [0.2, 0.25) is 0 Å². The highest BCUT2D eigenvalue weighted by atomic mass is 32.1. The van der Waals surface area contributed by atoms with Crippen LogP contribution in [0.2, 0.25) is 0 Å². The number of aromatic nitrogens is 5. The average Bonchev–Trinajstić information content (AvgIpc) is 3.76. The van der Waals surface area contributed by atoms with E-state index < -0.39 is 57.9 Å². The minimum atomic E-state index is -4.84. The van der Waals surface area contributed by atoms with Crippen LogP contribution in [0.3, 0.4) is 0 Å². The van der Waals surface area contributed by atoms with Crippen LogP contribution in [-0.4, -0.2) is 67.8 Å². The molecule has 4 N–H and O–H groups in total. The SMILES string of the molecule is Cn1ncnc1[C@H]1c2n[nH]c(=O)c3cc(F)cc(c23)N[C@@H]1c1ccc(NCCCOCCCNc2ccc(N3C(=S)N(c4ccc(C#N)c(C(F)(F)F)c4)C(=O)C3(C)C)cc2F)cc1. The second-order valence-corrected chi connectivity index (χ2v) is 16.1. The van der Waals surface area contributed by atoms with Crippen LogP contribution in [0.5, 0.6) is 0 Å². The average molecular weight is 898 g/mol. The number of benzene rings is 4. The number of amides is 1. The highest BCUT2D eigenvalue weighted by molar-refractivity contribution is 7.81. The smallest absolute Gasteiger partial charge is 0.385 e. The maximum absolute atomic E-state index is 15.4. The monoisotopic (exact) mass is 897 g/mol. The minimum Gasteiger partial charge on any atom is -0.385 e. The first-order valence-electron chi connectivity index (χ1n) is 20.2. The van der Waals surface area contributed by atoms with Crippen molar-refractivity contribution < 1.29 is 31.5 Å². The minimum absolute atomic E-state index is 0.137. The summed E-state index contributed by atoms with van der Waals surface area (Å²) in [5.74, 6) is -1.60.